The van der Waals surface area contributed by atoms with Gasteiger partial charge in [-0.2, -0.15) is 0 Å². The molecule has 0 aromatic heterocycles. The second kappa shape index (κ2) is 5.50. The molecular weight excluding hydrogens is 154 g/mol. The highest BCUT2D eigenvalue weighted by atomic mass is 35.5. The van der Waals surface area contributed by atoms with Gasteiger partial charge in [0.15, 0.2) is 0 Å². The fraction of sp³-hybridized carbons (Fsp3) is 0.833. The van der Waals surface area contributed by atoms with Crippen molar-refractivity contribution >= 4 is 17.5 Å². The fourth-order valence-corrected chi connectivity index (χ4v) is 0.564. The van der Waals surface area contributed by atoms with Gasteiger partial charge in [0, 0.05) is 18.3 Å². The standard InChI is InChI=1S/C6H12ClNO2/c1-5(4-7)6(10)8-2-3-9/h5,9H,2-4H2,1H3,(H,8,10). The molecule has 1 atom stereocenters. The van der Waals surface area contributed by atoms with E-state index in [9.17, 15) is 4.79 Å². The topological polar surface area (TPSA) is 49.3 Å². The first-order chi connectivity index (χ1) is 4.72. The summed E-state index contributed by atoms with van der Waals surface area (Å²) in [5, 5.41) is 10.8. The van der Waals surface area contributed by atoms with Crippen LogP contribution in [0.15, 0.2) is 0 Å². The molecule has 0 saturated heterocycles. The zero-order chi connectivity index (χ0) is 7.98. The summed E-state index contributed by atoms with van der Waals surface area (Å²) in [6, 6.07) is 0. The summed E-state index contributed by atoms with van der Waals surface area (Å²) in [7, 11) is 0. The molecule has 1 amide bonds. The van der Waals surface area contributed by atoms with Gasteiger partial charge in [0.1, 0.15) is 0 Å². The highest BCUT2D eigenvalue weighted by Crippen LogP contribution is 1.96. The van der Waals surface area contributed by atoms with Crippen molar-refractivity contribution in [3.05, 3.63) is 0 Å². The van der Waals surface area contributed by atoms with Gasteiger partial charge in [-0.05, 0) is 0 Å². The third kappa shape index (κ3) is 3.69. The molecule has 0 radical (unpaired) electrons. The number of alkyl halides is 1. The Morgan fingerprint density at radius 2 is 2.40 bits per heavy atom. The summed E-state index contributed by atoms with van der Waals surface area (Å²) in [6.07, 6.45) is 0. The smallest absolute Gasteiger partial charge is 0.224 e. The molecule has 4 heteroatoms. The number of aliphatic hydroxyl groups is 1. The third-order valence-corrected chi connectivity index (χ3v) is 1.55. The van der Waals surface area contributed by atoms with Crippen molar-refractivity contribution in [2.24, 2.45) is 5.92 Å². The number of halogens is 1. The minimum atomic E-state index is -0.173. The van der Waals surface area contributed by atoms with Gasteiger partial charge in [-0.25, -0.2) is 0 Å². The molecule has 0 saturated carbocycles. The van der Waals surface area contributed by atoms with Crippen molar-refractivity contribution in [1.29, 1.82) is 0 Å². The Kier molecular flexibility index (Phi) is 5.35. The number of amides is 1. The number of carbonyl (C=O) groups is 1. The zero-order valence-electron chi connectivity index (χ0n) is 5.93. The number of hydrogen-bond acceptors (Lipinski definition) is 2. The van der Waals surface area contributed by atoms with Crippen LogP contribution in [0.2, 0.25) is 0 Å². The lowest BCUT2D eigenvalue weighted by molar-refractivity contribution is -0.124. The number of carbonyl (C=O) groups excluding carboxylic acids is 1. The minimum Gasteiger partial charge on any atom is -0.395 e. The molecule has 60 valence electrons. The molecule has 0 spiro atoms. The fourth-order valence-electron chi connectivity index (χ4n) is 0.423. The monoisotopic (exact) mass is 165 g/mol. The second-order valence-corrected chi connectivity index (χ2v) is 2.38. The molecule has 0 aromatic carbocycles. The maximum atomic E-state index is 10.8. The summed E-state index contributed by atoms with van der Waals surface area (Å²) in [5.41, 5.74) is 0. The van der Waals surface area contributed by atoms with Gasteiger partial charge in [-0.3, -0.25) is 4.79 Å². The summed E-state index contributed by atoms with van der Waals surface area (Å²) >= 11 is 5.40. The SMILES string of the molecule is CC(CCl)C(=O)NCCO. The molecule has 0 aliphatic heterocycles. The predicted molar refractivity (Wildman–Crippen MR) is 40.0 cm³/mol. The number of aliphatic hydroxyl groups excluding tert-OH is 1. The average Bonchev–Trinajstić information content (AvgIpc) is 1.98. The maximum Gasteiger partial charge on any atom is 0.224 e. The van der Waals surface area contributed by atoms with Gasteiger partial charge >= 0.3 is 0 Å². The van der Waals surface area contributed by atoms with Gasteiger partial charge in [0.25, 0.3) is 0 Å². The first-order valence-corrected chi connectivity index (χ1v) is 3.70. The quantitative estimate of drug-likeness (QED) is 0.575. The first-order valence-electron chi connectivity index (χ1n) is 3.17. The van der Waals surface area contributed by atoms with E-state index in [4.69, 9.17) is 16.7 Å². The van der Waals surface area contributed by atoms with Crippen LogP contribution in [0.1, 0.15) is 6.92 Å². The molecule has 0 fully saturated rings. The highest BCUT2D eigenvalue weighted by Gasteiger charge is 2.09. The lowest BCUT2D eigenvalue weighted by atomic mass is 10.2. The Labute approximate surface area is 65.4 Å². The van der Waals surface area contributed by atoms with Crippen LogP contribution in [0.5, 0.6) is 0 Å². The van der Waals surface area contributed by atoms with Gasteiger partial charge in [0.2, 0.25) is 5.91 Å². The van der Waals surface area contributed by atoms with E-state index in [-0.39, 0.29) is 18.4 Å². The molecular formula is C6H12ClNO2. The molecule has 0 aliphatic carbocycles. The highest BCUT2D eigenvalue weighted by molar-refractivity contribution is 6.19. The first kappa shape index (κ1) is 9.72. The Morgan fingerprint density at radius 3 is 2.80 bits per heavy atom. The number of rotatable bonds is 4. The van der Waals surface area contributed by atoms with Crippen molar-refractivity contribution in [2.45, 2.75) is 6.92 Å². The van der Waals surface area contributed by atoms with Crippen LogP contribution in [0, 0.1) is 5.92 Å². The van der Waals surface area contributed by atoms with Gasteiger partial charge in [-0.1, -0.05) is 6.92 Å². The zero-order valence-corrected chi connectivity index (χ0v) is 6.69. The van der Waals surface area contributed by atoms with E-state index in [0.717, 1.165) is 0 Å². The van der Waals surface area contributed by atoms with Crippen LogP contribution >= 0.6 is 11.6 Å². The molecule has 0 rings (SSSR count). The van der Waals surface area contributed by atoms with Gasteiger partial charge in [0.05, 0.1) is 6.61 Å². The second-order valence-electron chi connectivity index (χ2n) is 2.07. The number of nitrogens with one attached hydrogen (secondary N) is 1. The molecule has 3 nitrogen and oxygen atoms in total. The van der Waals surface area contributed by atoms with E-state index in [1.807, 2.05) is 0 Å². The average molecular weight is 166 g/mol. The Hall–Kier alpha value is -0.280. The summed E-state index contributed by atoms with van der Waals surface area (Å²) < 4.78 is 0. The Morgan fingerprint density at radius 1 is 1.80 bits per heavy atom. The molecule has 2 N–H and O–H groups in total. The summed E-state index contributed by atoms with van der Waals surface area (Å²) in [6.45, 7) is 2.01. The van der Waals surface area contributed by atoms with Crippen molar-refractivity contribution in [2.75, 3.05) is 19.0 Å². The van der Waals surface area contributed by atoms with Crippen molar-refractivity contribution in [3.8, 4) is 0 Å². The Balaban J connectivity index is 3.42. The van der Waals surface area contributed by atoms with Gasteiger partial charge in [-0.15, -0.1) is 11.6 Å². The van der Waals surface area contributed by atoms with Crippen LogP contribution in [-0.2, 0) is 4.79 Å². The van der Waals surface area contributed by atoms with Crippen LogP contribution in [0.4, 0.5) is 0 Å². The number of hydrogen-bond donors (Lipinski definition) is 2. The minimum absolute atomic E-state index is 0.0270. The van der Waals surface area contributed by atoms with Crippen LogP contribution in [0.3, 0.4) is 0 Å². The third-order valence-electron chi connectivity index (χ3n) is 1.09. The van der Waals surface area contributed by atoms with Crippen molar-refractivity contribution < 1.29 is 9.90 Å². The molecule has 1 unspecified atom stereocenters. The van der Waals surface area contributed by atoms with E-state index in [1.54, 1.807) is 6.92 Å². The summed E-state index contributed by atoms with van der Waals surface area (Å²) in [5.74, 6) is 0.0364. The Bertz CT molecular complexity index is 108. The van der Waals surface area contributed by atoms with Crippen LogP contribution < -0.4 is 5.32 Å². The molecule has 0 heterocycles. The molecule has 0 aliphatic rings. The molecule has 0 aromatic rings. The van der Waals surface area contributed by atoms with Gasteiger partial charge < -0.3 is 10.4 Å². The van der Waals surface area contributed by atoms with E-state index < -0.39 is 0 Å². The normalized spacial score (nSPS) is 12.7. The van der Waals surface area contributed by atoms with E-state index in [0.29, 0.717) is 12.4 Å². The molecule has 0 bridgehead atoms. The largest absolute Gasteiger partial charge is 0.395 e. The van der Waals surface area contributed by atoms with Crippen molar-refractivity contribution in [1.82, 2.24) is 5.32 Å². The van der Waals surface area contributed by atoms with E-state index >= 15 is 0 Å². The summed E-state index contributed by atoms with van der Waals surface area (Å²) in [4.78, 5) is 10.8. The van der Waals surface area contributed by atoms with E-state index in [1.165, 1.54) is 0 Å². The van der Waals surface area contributed by atoms with Crippen molar-refractivity contribution in [3.63, 3.8) is 0 Å². The predicted octanol–water partition coefficient (Wildman–Crippen LogP) is -0.0302. The lowest BCUT2D eigenvalue weighted by Gasteiger charge is -2.06. The van der Waals surface area contributed by atoms with E-state index in [2.05, 4.69) is 5.32 Å². The van der Waals surface area contributed by atoms with Crippen LogP contribution in [0.25, 0.3) is 0 Å². The lowest BCUT2D eigenvalue weighted by Crippen LogP contribution is -2.32. The van der Waals surface area contributed by atoms with Crippen LogP contribution in [-0.4, -0.2) is 30.0 Å². The maximum absolute atomic E-state index is 10.8. The molecule has 10 heavy (non-hydrogen) atoms.